The Morgan fingerprint density at radius 1 is 0.885 bits per heavy atom. The maximum absolute atomic E-state index is 4.77. The van der Waals surface area contributed by atoms with E-state index in [2.05, 4.69) is 25.0 Å². The van der Waals surface area contributed by atoms with Crippen molar-refractivity contribution in [3.63, 3.8) is 0 Å². The van der Waals surface area contributed by atoms with Gasteiger partial charge in [0.2, 0.25) is 0 Å². The molecule has 1 saturated heterocycles. The van der Waals surface area contributed by atoms with Crippen molar-refractivity contribution in [1.82, 2.24) is 29.8 Å². The fourth-order valence-electron chi connectivity index (χ4n) is 4.00. The molecule has 0 N–H and O–H groups in total. The summed E-state index contributed by atoms with van der Waals surface area (Å²) in [5, 5.41) is 12.9. The summed E-state index contributed by atoms with van der Waals surface area (Å²) in [5.41, 5.74) is 3.41. The number of piperazine rings is 1. The number of aryl methyl sites for hydroxylation is 3. The van der Waals surface area contributed by atoms with Gasteiger partial charge >= 0.3 is 0 Å². The van der Waals surface area contributed by atoms with Crippen LogP contribution in [0.5, 0.6) is 0 Å². The van der Waals surface area contributed by atoms with Crippen LogP contribution in [0.25, 0.3) is 5.65 Å². The molecule has 5 rings (SSSR count). The molecule has 0 spiro atoms. The molecular formula is C18H22N8. The standard InChI is InChI=1S/C18H22N8/c1-12-19-15-5-3-4-14(15)18(20-12)25-10-8-24(9-11-25)17-7-6-16-22-21-13(2)26(16)23-17/h6-7H,3-5,8-11H2,1-2H3. The molecule has 3 aromatic heterocycles. The quantitative estimate of drug-likeness (QED) is 0.690. The minimum absolute atomic E-state index is 0.789. The number of anilines is 2. The third kappa shape index (κ3) is 2.48. The molecule has 1 aliphatic heterocycles. The predicted molar refractivity (Wildman–Crippen MR) is 98.7 cm³/mol. The average molecular weight is 350 g/mol. The third-order valence-electron chi connectivity index (χ3n) is 5.33. The van der Waals surface area contributed by atoms with E-state index in [1.807, 2.05) is 30.5 Å². The van der Waals surface area contributed by atoms with Gasteiger partial charge in [0.05, 0.1) is 0 Å². The Labute approximate surface area is 151 Å². The van der Waals surface area contributed by atoms with E-state index < -0.39 is 0 Å². The molecule has 0 saturated carbocycles. The second kappa shape index (κ2) is 5.89. The van der Waals surface area contributed by atoms with Gasteiger partial charge in [0.25, 0.3) is 0 Å². The van der Waals surface area contributed by atoms with Crippen molar-refractivity contribution in [3.05, 3.63) is 35.0 Å². The average Bonchev–Trinajstić information content (AvgIpc) is 3.28. The summed E-state index contributed by atoms with van der Waals surface area (Å²) in [5.74, 6) is 3.83. The Hall–Kier alpha value is -2.77. The highest BCUT2D eigenvalue weighted by Gasteiger charge is 2.25. The van der Waals surface area contributed by atoms with Crippen LogP contribution in [0.4, 0.5) is 11.6 Å². The van der Waals surface area contributed by atoms with Crippen LogP contribution in [-0.2, 0) is 12.8 Å². The maximum atomic E-state index is 4.77. The molecule has 0 radical (unpaired) electrons. The molecule has 0 aromatic carbocycles. The minimum atomic E-state index is 0.789. The van der Waals surface area contributed by atoms with Crippen LogP contribution < -0.4 is 9.80 Å². The fourth-order valence-corrected chi connectivity index (χ4v) is 4.00. The van der Waals surface area contributed by atoms with Crippen molar-refractivity contribution in [2.45, 2.75) is 33.1 Å². The van der Waals surface area contributed by atoms with E-state index in [1.54, 1.807) is 0 Å². The van der Waals surface area contributed by atoms with Crippen molar-refractivity contribution in [1.29, 1.82) is 0 Å². The lowest BCUT2D eigenvalue weighted by atomic mass is 10.2. The molecule has 1 aliphatic carbocycles. The monoisotopic (exact) mass is 350 g/mol. The summed E-state index contributed by atoms with van der Waals surface area (Å²) in [4.78, 5) is 14.1. The van der Waals surface area contributed by atoms with Gasteiger partial charge in [-0.1, -0.05) is 0 Å². The molecule has 26 heavy (non-hydrogen) atoms. The molecule has 8 nitrogen and oxygen atoms in total. The molecule has 4 heterocycles. The van der Waals surface area contributed by atoms with Gasteiger partial charge in [-0.15, -0.1) is 15.3 Å². The molecule has 8 heteroatoms. The maximum Gasteiger partial charge on any atom is 0.178 e. The van der Waals surface area contributed by atoms with Gasteiger partial charge in [0.15, 0.2) is 11.5 Å². The normalized spacial score (nSPS) is 17.2. The SMILES string of the molecule is Cc1nc2c(c(N3CCN(c4ccc5nnc(C)n5n4)CC3)n1)CCC2. The zero-order chi connectivity index (χ0) is 17.7. The first-order valence-electron chi connectivity index (χ1n) is 9.24. The highest BCUT2D eigenvalue weighted by molar-refractivity contribution is 5.53. The summed E-state index contributed by atoms with van der Waals surface area (Å²) in [7, 11) is 0. The number of nitrogens with zero attached hydrogens (tertiary/aromatic N) is 8. The van der Waals surface area contributed by atoms with E-state index in [-0.39, 0.29) is 0 Å². The van der Waals surface area contributed by atoms with Crippen LogP contribution in [0.3, 0.4) is 0 Å². The molecule has 3 aromatic rings. The second-order valence-electron chi connectivity index (χ2n) is 7.06. The van der Waals surface area contributed by atoms with E-state index >= 15 is 0 Å². The number of fused-ring (bicyclic) bond motifs is 2. The van der Waals surface area contributed by atoms with Gasteiger partial charge in [-0.05, 0) is 45.2 Å². The first-order chi connectivity index (χ1) is 12.7. The number of hydrogen-bond acceptors (Lipinski definition) is 7. The summed E-state index contributed by atoms with van der Waals surface area (Å²) < 4.78 is 1.81. The molecule has 1 fully saturated rings. The van der Waals surface area contributed by atoms with Crippen LogP contribution in [0.15, 0.2) is 12.1 Å². The van der Waals surface area contributed by atoms with Gasteiger partial charge in [-0.25, -0.2) is 9.97 Å². The number of aromatic nitrogens is 6. The first kappa shape index (κ1) is 15.5. The number of rotatable bonds is 2. The lowest BCUT2D eigenvalue weighted by Gasteiger charge is -2.36. The van der Waals surface area contributed by atoms with Crippen molar-refractivity contribution in [3.8, 4) is 0 Å². The van der Waals surface area contributed by atoms with E-state index in [4.69, 9.17) is 10.1 Å². The van der Waals surface area contributed by atoms with Gasteiger partial charge in [0, 0.05) is 37.4 Å². The zero-order valence-corrected chi connectivity index (χ0v) is 15.2. The van der Waals surface area contributed by atoms with E-state index in [9.17, 15) is 0 Å². The highest BCUT2D eigenvalue weighted by atomic mass is 15.4. The van der Waals surface area contributed by atoms with Crippen molar-refractivity contribution in [2.75, 3.05) is 36.0 Å². The summed E-state index contributed by atoms with van der Waals surface area (Å²) >= 11 is 0. The van der Waals surface area contributed by atoms with E-state index in [0.29, 0.717) is 0 Å². The zero-order valence-electron chi connectivity index (χ0n) is 15.2. The summed E-state index contributed by atoms with van der Waals surface area (Å²) in [6.45, 7) is 7.67. The molecule has 0 bridgehead atoms. The Balaban J connectivity index is 1.37. The molecule has 0 atom stereocenters. The van der Waals surface area contributed by atoms with Crippen LogP contribution in [0, 0.1) is 13.8 Å². The van der Waals surface area contributed by atoms with Crippen LogP contribution in [0.1, 0.15) is 29.3 Å². The molecular weight excluding hydrogens is 328 g/mol. The predicted octanol–water partition coefficient (Wildman–Crippen LogP) is 1.35. The molecule has 2 aliphatic rings. The Morgan fingerprint density at radius 3 is 2.54 bits per heavy atom. The molecule has 0 amide bonds. The van der Waals surface area contributed by atoms with Crippen LogP contribution in [0.2, 0.25) is 0 Å². The Kier molecular flexibility index (Phi) is 3.51. The van der Waals surface area contributed by atoms with Gasteiger partial charge in [0.1, 0.15) is 17.5 Å². The Bertz CT molecular complexity index is 971. The van der Waals surface area contributed by atoms with Gasteiger partial charge in [-0.3, -0.25) is 0 Å². The summed E-state index contributed by atoms with van der Waals surface area (Å²) in [6.07, 6.45) is 3.40. The molecule has 0 unspecified atom stereocenters. The minimum Gasteiger partial charge on any atom is -0.353 e. The fraction of sp³-hybridized carbons (Fsp3) is 0.500. The first-order valence-corrected chi connectivity index (χ1v) is 9.24. The van der Waals surface area contributed by atoms with Gasteiger partial charge in [-0.2, -0.15) is 4.52 Å². The lowest BCUT2D eigenvalue weighted by Crippen LogP contribution is -2.47. The topological polar surface area (TPSA) is 75.3 Å². The van der Waals surface area contributed by atoms with Crippen LogP contribution in [-0.4, -0.2) is 56.0 Å². The van der Waals surface area contributed by atoms with Crippen LogP contribution >= 0.6 is 0 Å². The highest BCUT2D eigenvalue weighted by Crippen LogP contribution is 2.29. The number of hydrogen-bond donors (Lipinski definition) is 0. The van der Waals surface area contributed by atoms with E-state index in [1.165, 1.54) is 17.7 Å². The van der Waals surface area contributed by atoms with Crippen molar-refractivity contribution < 1.29 is 0 Å². The second-order valence-corrected chi connectivity index (χ2v) is 7.06. The summed E-state index contributed by atoms with van der Waals surface area (Å²) in [6, 6.07) is 4.01. The van der Waals surface area contributed by atoms with Crippen molar-refractivity contribution >= 4 is 17.3 Å². The largest absolute Gasteiger partial charge is 0.353 e. The smallest absolute Gasteiger partial charge is 0.178 e. The molecule has 134 valence electrons. The lowest BCUT2D eigenvalue weighted by molar-refractivity contribution is 0.631. The van der Waals surface area contributed by atoms with Crippen molar-refractivity contribution in [2.24, 2.45) is 0 Å². The third-order valence-corrected chi connectivity index (χ3v) is 5.33. The van der Waals surface area contributed by atoms with Gasteiger partial charge < -0.3 is 9.80 Å². The van der Waals surface area contributed by atoms with E-state index in [0.717, 1.165) is 68.0 Å². The Morgan fingerprint density at radius 2 is 1.69 bits per heavy atom.